The Morgan fingerprint density at radius 3 is 1.71 bits per heavy atom. The molecule has 0 heterocycles. The topological polar surface area (TPSA) is 52.6 Å². The minimum absolute atomic E-state index is 0.219. The van der Waals surface area contributed by atoms with Crippen LogP contribution in [0.5, 0.6) is 5.75 Å². The van der Waals surface area contributed by atoms with Crippen molar-refractivity contribution in [2.45, 2.75) is 97.8 Å². The zero-order chi connectivity index (χ0) is 23.1. The van der Waals surface area contributed by atoms with Crippen molar-refractivity contribution in [3.63, 3.8) is 0 Å². The minimum atomic E-state index is -1.33. The van der Waals surface area contributed by atoms with Crippen molar-refractivity contribution >= 4 is 35.1 Å². The van der Waals surface area contributed by atoms with Gasteiger partial charge in [-0.3, -0.25) is 9.59 Å². The van der Waals surface area contributed by atoms with Crippen molar-refractivity contribution in [3.8, 4) is 5.75 Å². The number of carbonyl (C=O) groups excluding carboxylic acids is 2. The highest BCUT2D eigenvalue weighted by molar-refractivity contribution is 6.34. The molecule has 0 aliphatic carbocycles. The number of carbonyl (C=O) groups is 2. The molecule has 0 radical (unpaired) electrons. The van der Waals surface area contributed by atoms with Gasteiger partial charge in [0.25, 0.3) is 0 Å². The zero-order valence-corrected chi connectivity index (χ0v) is 20.8. The highest BCUT2D eigenvalue weighted by atomic mass is 35.5. The second-order valence-corrected chi connectivity index (χ2v) is 8.97. The van der Waals surface area contributed by atoms with Gasteiger partial charge in [0, 0.05) is 10.0 Å². The number of unbranched alkanes of at least 4 members (excludes halogenated alkanes) is 9. The van der Waals surface area contributed by atoms with Crippen LogP contribution in [0.4, 0.5) is 0 Å². The molecule has 1 aromatic carbocycles. The molecule has 0 spiro atoms. The summed E-state index contributed by atoms with van der Waals surface area (Å²) in [5.41, 5.74) is -1.33. The summed E-state index contributed by atoms with van der Waals surface area (Å²) in [5.74, 6) is -0.938. The summed E-state index contributed by atoms with van der Waals surface area (Å²) in [6.45, 7) is 6.14. The van der Waals surface area contributed by atoms with Gasteiger partial charge in [0.2, 0.25) is 0 Å². The number of ether oxygens (including phenoxy) is 2. The van der Waals surface area contributed by atoms with E-state index in [-0.39, 0.29) is 5.75 Å². The molecule has 0 atom stereocenters. The predicted octanol–water partition coefficient (Wildman–Crippen LogP) is 8.17. The smallest absolute Gasteiger partial charge is 0.328 e. The number of hydrogen-bond donors (Lipinski definition) is 0. The van der Waals surface area contributed by atoms with E-state index in [4.69, 9.17) is 32.7 Å². The highest BCUT2D eigenvalue weighted by Gasteiger charge is 2.46. The molecular formula is C25H38Cl2O4. The van der Waals surface area contributed by atoms with E-state index in [2.05, 4.69) is 6.92 Å². The Kier molecular flexibility index (Phi) is 13.9. The first kappa shape index (κ1) is 27.8. The van der Waals surface area contributed by atoms with Crippen LogP contribution < -0.4 is 4.74 Å². The summed E-state index contributed by atoms with van der Waals surface area (Å²) >= 11 is 11.9. The Morgan fingerprint density at radius 1 is 0.742 bits per heavy atom. The van der Waals surface area contributed by atoms with Gasteiger partial charge in [0.1, 0.15) is 5.75 Å². The van der Waals surface area contributed by atoms with E-state index in [1.807, 2.05) is 0 Å². The van der Waals surface area contributed by atoms with E-state index >= 15 is 0 Å². The molecule has 0 fully saturated rings. The largest absolute Gasteiger partial charge is 0.465 e. The molecule has 176 valence electrons. The minimum Gasteiger partial charge on any atom is -0.465 e. The Balaban J connectivity index is 2.42. The second kappa shape index (κ2) is 15.5. The number of benzene rings is 1. The van der Waals surface area contributed by atoms with Crippen molar-refractivity contribution in [1.29, 1.82) is 0 Å². The summed E-state index contributed by atoms with van der Waals surface area (Å²) in [4.78, 5) is 25.6. The van der Waals surface area contributed by atoms with Crippen molar-refractivity contribution < 1.29 is 19.1 Å². The van der Waals surface area contributed by atoms with Crippen LogP contribution in [-0.4, -0.2) is 18.5 Å². The highest BCUT2D eigenvalue weighted by Crippen LogP contribution is 2.32. The van der Waals surface area contributed by atoms with E-state index in [1.165, 1.54) is 57.1 Å². The molecule has 0 saturated carbocycles. The summed E-state index contributed by atoms with van der Waals surface area (Å²) in [5, 5.41) is 0.717. The molecule has 1 rings (SSSR count). The van der Waals surface area contributed by atoms with Crippen LogP contribution in [0.2, 0.25) is 10.0 Å². The molecule has 6 heteroatoms. The summed E-state index contributed by atoms with van der Waals surface area (Å²) in [6, 6.07) is 4.54. The Bertz CT molecular complexity index is 651. The standard InChI is InChI=1S/C25H38Cl2O4/c1-4-7-8-9-10-11-12-13-14-15-16-30-23(28)25(5-2,6-3)24(29)31-22-18-20(26)17-21(27)19-22/h17-19H,4-16H2,1-3H3. The van der Waals surface area contributed by atoms with Gasteiger partial charge < -0.3 is 9.47 Å². The van der Waals surface area contributed by atoms with Crippen molar-refractivity contribution in [2.24, 2.45) is 5.41 Å². The van der Waals surface area contributed by atoms with Crippen molar-refractivity contribution in [1.82, 2.24) is 0 Å². The Labute approximate surface area is 198 Å². The van der Waals surface area contributed by atoms with Crippen LogP contribution in [-0.2, 0) is 14.3 Å². The lowest BCUT2D eigenvalue weighted by atomic mass is 9.82. The first-order valence-corrected chi connectivity index (χ1v) is 12.5. The lowest BCUT2D eigenvalue weighted by Gasteiger charge is -2.26. The second-order valence-electron chi connectivity index (χ2n) is 8.10. The van der Waals surface area contributed by atoms with Crippen LogP contribution in [0.15, 0.2) is 18.2 Å². The van der Waals surface area contributed by atoms with Gasteiger partial charge in [-0.1, -0.05) is 102 Å². The lowest BCUT2D eigenvalue weighted by molar-refractivity contribution is -0.168. The number of esters is 2. The van der Waals surface area contributed by atoms with Gasteiger partial charge in [-0.05, 0) is 37.5 Å². The SMILES string of the molecule is CCCCCCCCCCCCOC(=O)C(CC)(CC)C(=O)Oc1cc(Cl)cc(Cl)c1. The number of halogens is 2. The molecule has 0 saturated heterocycles. The fourth-order valence-corrected chi connectivity index (χ4v) is 4.10. The van der Waals surface area contributed by atoms with Gasteiger partial charge in [-0.25, -0.2) is 0 Å². The predicted molar refractivity (Wildman–Crippen MR) is 128 cm³/mol. The van der Waals surface area contributed by atoms with Gasteiger partial charge in [-0.15, -0.1) is 0 Å². The molecule has 0 N–H and O–H groups in total. The average molecular weight is 473 g/mol. The van der Waals surface area contributed by atoms with Crippen LogP contribution in [0.25, 0.3) is 0 Å². The molecule has 31 heavy (non-hydrogen) atoms. The fraction of sp³-hybridized carbons (Fsp3) is 0.680. The first-order chi connectivity index (χ1) is 14.9. The van der Waals surface area contributed by atoms with Crippen LogP contribution in [0, 0.1) is 5.41 Å². The monoisotopic (exact) mass is 472 g/mol. The van der Waals surface area contributed by atoms with E-state index in [0.717, 1.165) is 19.3 Å². The summed E-state index contributed by atoms with van der Waals surface area (Å²) in [6.07, 6.45) is 12.7. The van der Waals surface area contributed by atoms with Crippen LogP contribution in [0.3, 0.4) is 0 Å². The van der Waals surface area contributed by atoms with E-state index in [1.54, 1.807) is 19.9 Å². The summed E-state index contributed by atoms with van der Waals surface area (Å²) in [7, 11) is 0. The lowest BCUT2D eigenvalue weighted by Crippen LogP contribution is -2.42. The quantitative estimate of drug-likeness (QED) is 0.105. The molecule has 0 amide bonds. The fourth-order valence-electron chi connectivity index (χ4n) is 3.60. The molecule has 1 aromatic rings. The third-order valence-electron chi connectivity index (χ3n) is 5.77. The van der Waals surface area contributed by atoms with Crippen molar-refractivity contribution in [2.75, 3.05) is 6.61 Å². The van der Waals surface area contributed by atoms with E-state index < -0.39 is 17.4 Å². The third kappa shape index (κ3) is 9.82. The molecule has 4 nitrogen and oxygen atoms in total. The molecule has 0 aliphatic rings. The molecule has 0 unspecified atom stereocenters. The first-order valence-electron chi connectivity index (χ1n) is 11.7. The average Bonchev–Trinajstić information content (AvgIpc) is 2.72. The third-order valence-corrected chi connectivity index (χ3v) is 6.20. The maximum atomic E-state index is 12.9. The van der Waals surface area contributed by atoms with Gasteiger partial charge in [-0.2, -0.15) is 0 Å². The van der Waals surface area contributed by atoms with E-state index in [0.29, 0.717) is 29.5 Å². The Hall–Kier alpha value is -1.26. The maximum absolute atomic E-state index is 12.9. The number of rotatable bonds is 16. The zero-order valence-electron chi connectivity index (χ0n) is 19.3. The van der Waals surface area contributed by atoms with E-state index in [9.17, 15) is 9.59 Å². The van der Waals surface area contributed by atoms with Crippen molar-refractivity contribution in [3.05, 3.63) is 28.2 Å². The van der Waals surface area contributed by atoms with Crippen LogP contribution in [0.1, 0.15) is 97.8 Å². The number of hydrogen-bond acceptors (Lipinski definition) is 4. The van der Waals surface area contributed by atoms with Crippen LogP contribution >= 0.6 is 23.2 Å². The molecule has 0 bridgehead atoms. The molecular weight excluding hydrogens is 435 g/mol. The maximum Gasteiger partial charge on any atom is 0.328 e. The van der Waals surface area contributed by atoms with Gasteiger partial charge >= 0.3 is 11.9 Å². The Morgan fingerprint density at radius 2 is 1.23 bits per heavy atom. The molecule has 0 aliphatic heterocycles. The van der Waals surface area contributed by atoms with Gasteiger partial charge in [0.05, 0.1) is 6.61 Å². The van der Waals surface area contributed by atoms with Gasteiger partial charge in [0.15, 0.2) is 5.41 Å². The molecule has 0 aromatic heterocycles. The normalized spacial score (nSPS) is 11.4. The summed E-state index contributed by atoms with van der Waals surface area (Å²) < 4.78 is 10.9.